The molecule has 0 saturated carbocycles. The standard InChI is InChI=1S/C13H20N2O3/c1-10-7-15(8-11(2)18-10)9-13(16)14-6-12-4-3-5-17-12/h3-5,10-11H,6-9H2,1-2H3,(H,14,16)/t10-,11-/m1/s1. The first-order chi connectivity index (χ1) is 8.63. The van der Waals surface area contributed by atoms with E-state index in [1.54, 1.807) is 6.26 Å². The zero-order chi connectivity index (χ0) is 13.0. The molecule has 2 rings (SSSR count). The van der Waals surface area contributed by atoms with Crippen molar-refractivity contribution < 1.29 is 13.9 Å². The van der Waals surface area contributed by atoms with Crippen molar-refractivity contribution in [2.45, 2.75) is 32.6 Å². The van der Waals surface area contributed by atoms with Crippen LogP contribution in [0.2, 0.25) is 0 Å². The smallest absolute Gasteiger partial charge is 0.234 e. The van der Waals surface area contributed by atoms with Crippen LogP contribution in [0.1, 0.15) is 19.6 Å². The number of ether oxygens (including phenoxy) is 1. The molecule has 5 heteroatoms. The fraction of sp³-hybridized carbons (Fsp3) is 0.615. The summed E-state index contributed by atoms with van der Waals surface area (Å²) in [6, 6.07) is 3.66. The molecule has 1 aromatic rings. The van der Waals surface area contributed by atoms with Gasteiger partial charge in [-0.3, -0.25) is 9.69 Å². The van der Waals surface area contributed by atoms with Crippen molar-refractivity contribution in [1.29, 1.82) is 0 Å². The normalized spacial score (nSPS) is 25.0. The van der Waals surface area contributed by atoms with Gasteiger partial charge in [0.15, 0.2) is 0 Å². The van der Waals surface area contributed by atoms with Gasteiger partial charge < -0.3 is 14.5 Å². The minimum atomic E-state index is 0.0210. The van der Waals surface area contributed by atoms with Gasteiger partial charge in [-0.1, -0.05) is 0 Å². The molecule has 0 unspecified atom stereocenters. The highest BCUT2D eigenvalue weighted by Crippen LogP contribution is 2.09. The third-order valence-electron chi connectivity index (χ3n) is 2.90. The van der Waals surface area contributed by atoms with Gasteiger partial charge in [0.25, 0.3) is 0 Å². The lowest BCUT2D eigenvalue weighted by molar-refractivity contribution is -0.126. The lowest BCUT2D eigenvalue weighted by atomic mass is 10.2. The number of nitrogens with one attached hydrogen (secondary N) is 1. The maximum Gasteiger partial charge on any atom is 0.234 e. The molecule has 1 aromatic heterocycles. The molecule has 1 amide bonds. The first-order valence-electron chi connectivity index (χ1n) is 6.30. The van der Waals surface area contributed by atoms with Crippen molar-refractivity contribution in [1.82, 2.24) is 10.2 Å². The van der Waals surface area contributed by atoms with Crippen LogP contribution in [0.4, 0.5) is 0 Å². The lowest BCUT2D eigenvalue weighted by Gasteiger charge is -2.34. The summed E-state index contributed by atoms with van der Waals surface area (Å²) in [7, 11) is 0. The number of carbonyl (C=O) groups is 1. The molecule has 1 N–H and O–H groups in total. The Hall–Kier alpha value is -1.33. The monoisotopic (exact) mass is 252 g/mol. The van der Waals surface area contributed by atoms with E-state index in [1.165, 1.54) is 0 Å². The van der Waals surface area contributed by atoms with Crippen LogP contribution in [0, 0.1) is 0 Å². The quantitative estimate of drug-likeness (QED) is 0.868. The van der Waals surface area contributed by atoms with Crippen LogP contribution in [0.5, 0.6) is 0 Å². The Morgan fingerprint density at radius 2 is 2.17 bits per heavy atom. The molecule has 2 heterocycles. The van der Waals surface area contributed by atoms with Gasteiger partial charge in [0, 0.05) is 13.1 Å². The zero-order valence-corrected chi connectivity index (χ0v) is 10.9. The van der Waals surface area contributed by atoms with Crippen molar-refractivity contribution in [2.75, 3.05) is 19.6 Å². The molecule has 2 atom stereocenters. The largest absolute Gasteiger partial charge is 0.467 e. The third kappa shape index (κ3) is 3.85. The molecule has 18 heavy (non-hydrogen) atoms. The van der Waals surface area contributed by atoms with E-state index in [1.807, 2.05) is 26.0 Å². The second-order valence-corrected chi connectivity index (χ2v) is 4.81. The summed E-state index contributed by atoms with van der Waals surface area (Å²) in [6.45, 7) is 6.53. The molecular weight excluding hydrogens is 232 g/mol. The number of amides is 1. The van der Waals surface area contributed by atoms with Gasteiger partial charge in [-0.15, -0.1) is 0 Å². The van der Waals surface area contributed by atoms with E-state index in [2.05, 4.69) is 10.2 Å². The van der Waals surface area contributed by atoms with Gasteiger partial charge in [-0.2, -0.15) is 0 Å². The fourth-order valence-electron chi connectivity index (χ4n) is 2.27. The van der Waals surface area contributed by atoms with E-state index in [9.17, 15) is 4.79 Å². The SMILES string of the molecule is C[C@@H]1CN(CC(=O)NCc2ccco2)C[C@@H](C)O1. The molecule has 0 aromatic carbocycles. The minimum Gasteiger partial charge on any atom is -0.467 e. The highest BCUT2D eigenvalue weighted by molar-refractivity contribution is 5.77. The molecule has 0 bridgehead atoms. The number of rotatable bonds is 4. The number of nitrogens with zero attached hydrogens (tertiary/aromatic N) is 1. The second-order valence-electron chi connectivity index (χ2n) is 4.81. The molecule has 1 fully saturated rings. The predicted octanol–water partition coefficient (Wildman–Crippen LogP) is 1.00. The van der Waals surface area contributed by atoms with E-state index in [4.69, 9.17) is 9.15 Å². The summed E-state index contributed by atoms with van der Waals surface area (Å²) in [5.41, 5.74) is 0. The number of morpholine rings is 1. The van der Waals surface area contributed by atoms with Crippen LogP contribution in [0.15, 0.2) is 22.8 Å². The maximum atomic E-state index is 11.8. The number of carbonyl (C=O) groups excluding carboxylic acids is 1. The molecule has 1 aliphatic heterocycles. The molecule has 0 spiro atoms. The average molecular weight is 252 g/mol. The number of hydrogen-bond acceptors (Lipinski definition) is 4. The van der Waals surface area contributed by atoms with Crippen LogP contribution >= 0.6 is 0 Å². The molecule has 0 radical (unpaired) electrons. The van der Waals surface area contributed by atoms with Crippen molar-refractivity contribution >= 4 is 5.91 Å². The Balaban J connectivity index is 1.73. The summed E-state index contributed by atoms with van der Waals surface area (Å²) in [4.78, 5) is 13.9. The van der Waals surface area contributed by atoms with Gasteiger partial charge in [0.1, 0.15) is 5.76 Å². The van der Waals surface area contributed by atoms with Crippen molar-refractivity contribution in [3.05, 3.63) is 24.2 Å². The lowest BCUT2D eigenvalue weighted by Crippen LogP contribution is -2.49. The van der Waals surface area contributed by atoms with E-state index in [0.29, 0.717) is 13.1 Å². The van der Waals surface area contributed by atoms with Crippen LogP contribution in [0.25, 0.3) is 0 Å². The topological polar surface area (TPSA) is 54.7 Å². The van der Waals surface area contributed by atoms with E-state index < -0.39 is 0 Å². The van der Waals surface area contributed by atoms with E-state index in [-0.39, 0.29) is 18.1 Å². The summed E-state index contributed by atoms with van der Waals surface area (Å²) < 4.78 is 10.8. The summed E-state index contributed by atoms with van der Waals surface area (Å²) in [5.74, 6) is 0.791. The van der Waals surface area contributed by atoms with Gasteiger partial charge in [-0.05, 0) is 26.0 Å². The summed E-state index contributed by atoms with van der Waals surface area (Å²) in [5, 5.41) is 2.85. The maximum absolute atomic E-state index is 11.8. The Morgan fingerprint density at radius 1 is 1.44 bits per heavy atom. The van der Waals surface area contributed by atoms with Crippen LogP contribution in [-0.4, -0.2) is 42.6 Å². The van der Waals surface area contributed by atoms with Crippen molar-refractivity contribution in [3.8, 4) is 0 Å². The van der Waals surface area contributed by atoms with Gasteiger partial charge in [0.05, 0.1) is 31.6 Å². The molecular formula is C13H20N2O3. The Labute approximate surface area is 107 Å². The summed E-state index contributed by atoms with van der Waals surface area (Å²) >= 11 is 0. The molecule has 1 saturated heterocycles. The van der Waals surface area contributed by atoms with Crippen LogP contribution in [-0.2, 0) is 16.1 Å². The van der Waals surface area contributed by atoms with E-state index >= 15 is 0 Å². The average Bonchev–Trinajstić information content (AvgIpc) is 2.77. The van der Waals surface area contributed by atoms with Gasteiger partial charge in [-0.25, -0.2) is 0 Å². The molecule has 5 nitrogen and oxygen atoms in total. The minimum absolute atomic E-state index is 0.0210. The van der Waals surface area contributed by atoms with Gasteiger partial charge >= 0.3 is 0 Å². The number of furan rings is 1. The summed E-state index contributed by atoms with van der Waals surface area (Å²) in [6.07, 6.45) is 1.98. The predicted molar refractivity (Wildman–Crippen MR) is 67.0 cm³/mol. The van der Waals surface area contributed by atoms with Crippen LogP contribution in [0.3, 0.4) is 0 Å². The zero-order valence-electron chi connectivity index (χ0n) is 10.9. The second kappa shape index (κ2) is 6.02. The Kier molecular flexibility index (Phi) is 4.38. The fourth-order valence-corrected chi connectivity index (χ4v) is 2.27. The first-order valence-corrected chi connectivity index (χ1v) is 6.30. The highest BCUT2D eigenvalue weighted by atomic mass is 16.5. The first kappa shape index (κ1) is 13.1. The van der Waals surface area contributed by atoms with Gasteiger partial charge in [0.2, 0.25) is 5.91 Å². The third-order valence-corrected chi connectivity index (χ3v) is 2.90. The molecule has 1 aliphatic rings. The van der Waals surface area contributed by atoms with E-state index in [0.717, 1.165) is 18.8 Å². The van der Waals surface area contributed by atoms with Crippen molar-refractivity contribution in [2.24, 2.45) is 0 Å². The highest BCUT2D eigenvalue weighted by Gasteiger charge is 2.23. The van der Waals surface area contributed by atoms with Crippen LogP contribution < -0.4 is 5.32 Å². The molecule has 0 aliphatic carbocycles. The Bertz CT molecular complexity index is 368. The molecule has 100 valence electrons. The Morgan fingerprint density at radius 3 is 2.78 bits per heavy atom. The van der Waals surface area contributed by atoms with Crippen molar-refractivity contribution in [3.63, 3.8) is 0 Å². The number of hydrogen-bond donors (Lipinski definition) is 1.